The monoisotopic (exact) mass is 323 g/mol. The highest BCUT2D eigenvalue weighted by molar-refractivity contribution is 9.10. The number of hydrogen-bond acceptors (Lipinski definition) is 2. The second-order valence-electron chi connectivity index (χ2n) is 5.98. The number of fused-ring (bicyclic) bond motifs is 1. The van der Waals surface area contributed by atoms with E-state index in [1.165, 1.54) is 11.1 Å². The summed E-state index contributed by atoms with van der Waals surface area (Å²) in [7, 11) is 0. The molecule has 2 unspecified atom stereocenters. The van der Waals surface area contributed by atoms with Gasteiger partial charge >= 0.3 is 5.97 Å². The molecular weight excluding hydrogens is 306 g/mol. The van der Waals surface area contributed by atoms with Crippen LogP contribution in [0, 0.1) is 5.41 Å². The van der Waals surface area contributed by atoms with Gasteiger partial charge in [-0.25, -0.2) is 0 Å². The number of halogens is 1. The fourth-order valence-electron chi connectivity index (χ4n) is 3.38. The van der Waals surface area contributed by atoms with E-state index >= 15 is 0 Å². The topological polar surface area (TPSA) is 40.5 Å². The highest BCUT2D eigenvalue weighted by Crippen LogP contribution is 2.42. The molecule has 19 heavy (non-hydrogen) atoms. The standard InChI is InChI=1S/C15H18BrNO2/c1-15(14(18)19)6-7-17(9-15)13-5-2-10-8-11(16)3-4-12(10)13/h3-4,8,13H,2,5-7,9H2,1H3,(H,18,19). The van der Waals surface area contributed by atoms with Crippen LogP contribution in [0.1, 0.15) is 36.9 Å². The molecule has 3 rings (SSSR count). The molecule has 1 fully saturated rings. The van der Waals surface area contributed by atoms with Gasteiger partial charge in [0.1, 0.15) is 0 Å². The minimum atomic E-state index is -0.663. The number of carboxylic acids is 1. The predicted molar refractivity (Wildman–Crippen MR) is 77.1 cm³/mol. The smallest absolute Gasteiger partial charge is 0.310 e. The van der Waals surface area contributed by atoms with Gasteiger partial charge in [-0.05, 0) is 56.0 Å². The highest BCUT2D eigenvalue weighted by atomic mass is 79.9. The van der Waals surface area contributed by atoms with Gasteiger partial charge in [-0.15, -0.1) is 0 Å². The molecule has 1 aromatic rings. The lowest BCUT2D eigenvalue weighted by Crippen LogP contribution is -2.33. The third-order valence-corrected chi connectivity index (χ3v) is 5.10. The molecule has 1 aromatic carbocycles. The van der Waals surface area contributed by atoms with Gasteiger partial charge in [0.2, 0.25) is 0 Å². The molecule has 4 heteroatoms. The molecule has 0 amide bonds. The number of aliphatic carboxylic acids is 1. The first-order valence-corrected chi connectivity index (χ1v) is 7.55. The Morgan fingerprint density at radius 1 is 1.53 bits per heavy atom. The Bertz CT molecular complexity index is 531. The van der Waals surface area contributed by atoms with E-state index in [9.17, 15) is 9.90 Å². The van der Waals surface area contributed by atoms with E-state index in [4.69, 9.17) is 0 Å². The average Bonchev–Trinajstić information content (AvgIpc) is 2.93. The fraction of sp³-hybridized carbons (Fsp3) is 0.533. The number of likely N-dealkylation sites (tertiary alicyclic amines) is 1. The zero-order chi connectivity index (χ0) is 13.6. The van der Waals surface area contributed by atoms with Crippen molar-refractivity contribution < 1.29 is 9.90 Å². The molecule has 2 atom stereocenters. The van der Waals surface area contributed by atoms with Crippen molar-refractivity contribution in [3.63, 3.8) is 0 Å². The Labute approximate surface area is 121 Å². The Balaban J connectivity index is 1.82. The maximum atomic E-state index is 11.3. The first kappa shape index (κ1) is 13.1. The van der Waals surface area contributed by atoms with E-state index in [-0.39, 0.29) is 0 Å². The zero-order valence-electron chi connectivity index (χ0n) is 11.0. The third kappa shape index (κ3) is 2.21. The predicted octanol–water partition coefficient (Wildman–Crippen LogP) is 3.23. The molecule has 102 valence electrons. The molecule has 0 radical (unpaired) electrons. The lowest BCUT2D eigenvalue weighted by Gasteiger charge is -2.26. The maximum absolute atomic E-state index is 11.3. The normalized spacial score (nSPS) is 30.5. The number of nitrogens with zero attached hydrogens (tertiary/aromatic N) is 1. The Kier molecular flexibility index (Phi) is 3.18. The van der Waals surface area contributed by atoms with Crippen molar-refractivity contribution in [1.82, 2.24) is 4.90 Å². The summed E-state index contributed by atoms with van der Waals surface area (Å²) in [6.45, 7) is 3.43. The van der Waals surface area contributed by atoms with Crippen LogP contribution in [0.2, 0.25) is 0 Å². The summed E-state index contributed by atoms with van der Waals surface area (Å²) in [4.78, 5) is 13.7. The Hall–Kier alpha value is -0.870. The van der Waals surface area contributed by atoms with Crippen molar-refractivity contribution in [2.75, 3.05) is 13.1 Å². The Morgan fingerprint density at radius 2 is 2.32 bits per heavy atom. The van der Waals surface area contributed by atoms with E-state index in [1.807, 2.05) is 6.92 Å². The quantitative estimate of drug-likeness (QED) is 0.908. The van der Waals surface area contributed by atoms with Gasteiger partial charge in [0.15, 0.2) is 0 Å². The molecule has 1 heterocycles. The van der Waals surface area contributed by atoms with Crippen molar-refractivity contribution in [3.8, 4) is 0 Å². The van der Waals surface area contributed by atoms with Gasteiger partial charge in [0.05, 0.1) is 5.41 Å². The number of hydrogen-bond donors (Lipinski definition) is 1. The lowest BCUT2D eigenvalue weighted by molar-refractivity contribution is -0.147. The van der Waals surface area contributed by atoms with Crippen LogP contribution in [0.5, 0.6) is 0 Å². The molecule has 1 N–H and O–H groups in total. The number of carboxylic acid groups (broad SMARTS) is 1. The van der Waals surface area contributed by atoms with Crippen LogP contribution in [-0.2, 0) is 11.2 Å². The number of carbonyl (C=O) groups is 1. The van der Waals surface area contributed by atoms with E-state index in [1.54, 1.807) is 0 Å². The summed E-state index contributed by atoms with van der Waals surface area (Å²) in [5.41, 5.74) is 2.22. The lowest BCUT2D eigenvalue weighted by atomic mass is 9.90. The third-order valence-electron chi connectivity index (χ3n) is 4.61. The number of aryl methyl sites for hydroxylation is 1. The van der Waals surface area contributed by atoms with Crippen molar-refractivity contribution in [1.29, 1.82) is 0 Å². The van der Waals surface area contributed by atoms with Gasteiger partial charge in [-0.3, -0.25) is 9.69 Å². The highest BCUT2D eigenvalue weighted by Gasteiger charge is 2.43. The molecule has 1 saturated heterocycles. The minimum absolute atomic E-state index is 0.407. The molecule has 0 aromatic heterocycles. The summed E-state index contributed by atoms with van der Waals surface area (Å²) in [6, 6.07) is 6.88. The van der Waals surface area contributed by atoms with E-state index in [2.05, 4.69) is 39.0 Å². The molecular formula is C15H18BrNO2. The van der Waals surface area contributed by atoms with Crippen molar-refractivity contribution in [2.24, 2.45) is 5.41 Å². The van der Waals surface area contributed by atoms with Crippen LogP contribution in [0.25, 0.3) is 0 Å². The van der Waals surface area contributed by atoms with E-state index < -0.39 is 11.4 Å². The van der Waals surface area contributed by atoms with Gasteiger partial charge < -0.3 is 5.11 Å². The first-order valence-electron chi connectivity index (χ1n) is 6.75. The van der Waals surface area contributed by atoms with Crippen molar-refractivity contribution >= 4 is 21.9 Å². The Morgan fingerprint density at radius 3 is 3.00 bits per heavy atom. The van der Waals surface area contributed by atoms with Crippen molar-refractivity contribution in [2.45, 2.75) is 32.2 Å². The van der Waals surface area contributed by atoms with Gasteiger partial charge in [-0.2, -0.15) is 0 Å². The molecule has 1 aliphatic carbocycles. The van der Waals surface area contributed by atoms with Crippen LogP contribution in [0.15, 0.2) is 22.7 Å². The SMILES string of the molecule is CC1(C(=O)O)CCN(C2CCc3cc(Br)ccc32)C1. The maximum Gasteiger partial charge on any atom is 0.310 e. The zero-order valence-corrected chi connectivity index (χ0v) is 12.6. The molecule has 0 saturated carbocycles. The molecule has 2 aliphatic rings. The van der Waals surface area contributed by atoms with Crippen LogP contribution < -0.4 is 0 Å². The largest absolute Gasteiger partial charge is 0.481 e. The van der Waals surface area contributed by atoms with Crippen molar-refractivity contribution in [3.05, 3.63) is 33.8 Å². The average molecular weight is 324 g/mol. The summed E-state index contributed by atoms with van der Waals surface area (Å²) < 4.78 is 1.13. The first-order chi connectivity index (χ1) is 8.99. The molecule has 3 nitrogen and oxygen atoms in total. The van der Waals surface area contributed by atoms with Crippen LogP contribution in [0.4, 0.5) is 0 Å². The number of rotatable bonds is 2. The van der Waals surface area contributed by atoms with Gasteiger partial charge in [0.25, 0.3) is 0 Å². The minimum Gasteiger partial charge on any atom is -0.481 e. The van der Waals surface area contributed by atoms with Gasteiger partial charge in [0, 0.05) is 17.1 Å². The van der Waals surface area contributed by atoms with Gasteiger partial charge in [-0.1, -0.05) is 22.0 Å². The summed E-state index contributed by atoms with van der Waals surface area (Å²) in [5, 5.41) is 9.33. The summed E-state index contributed by atoms with van der Waals surface area (Å²) in [5.74, 6) is -0.663. The van der Waals surface area contributed by atoms with E-state index in [0.717, 1.165) is 30.3 Å². The van der Waals surface area contributed by atoms with E-state index in [0.29, 0.717) is 12.6 Å². The second kappa shape index (κ2) is 4.60. The summed E-state index contributed by atoms with van der Waals surface area (Å²) in [6.07, 6.45) is 2.96. The molecule has 1 aliphatic heterocycles. The van der Waals surface area contributed by atoms with Crippen LogP contribution in [-0.4, -0.2) is 29.1 Å². The van der Waals surface area contributed by atoms with Crippen LogP contribution in [0.3, 0.4) is 0 Å². The van der Waals surface area contributed by atoms with Crippen LogP contribution >= 0.6 is 15.9 Å². The fourth-order valence-corrected chi connectivity index (χ4v) is 3.79. The summed E-state index contributed by atoms with van der Waals surface area (Å²) >= 11 is 3.51. The second-order valence-corrected chi connectivity index (χ2v) is 6.90. The molecule has 0 spiro atoms. The number of benzene rings is 1. The molecule has 0 bridgehead atoms.